The molecule has 0 fully saturated rings. The molecule has 4 aromatic rings. The van der Waals surface area contributed by atoms with E-state index in [0.29, 0.717) is 5.02 Å². The van der Waals surface area contributed by atoms with Gasteiger partial charge in [-0.3, -0.25) is 0 Å². The fraction of sp³-hybridized carbons (Fsp3) is 0. The highest BCUT2D eigenvalue weighted by molar-refractivity contribution is 7.07. The zero-order chi connectivity index (χ0) is 18.5. The molecule has 27 heavy (non-hydrogen) atoms. The van der Waals surface area contributed by atoms with E-state index in [2.05, 4.69) is 72.8 Å². The average molecular weight is 387 g/mol. The highest BCUT2D eigenvalue weighted by Crippen LogP contribution is 2.20. The van der Waals surface area contributed by atoms with Crippen LogP contribution in [0.1, 0.15) is 0 Å². The van der Waals surface area contributed by atoms with Crippen molar-refractivity contribution in [2.75, 3.05) is 0 Å². The second kappa shape index (κ2) is 7.83. The lowest BCUT2D eigenvalue weighted by Gasteiger charge is -2.33. The van der Waals surface area contributed by atoms with E-state index in [-0.39, 0.29) is 0 Å². The van der Waals surface area contributed by atoms with Gasteiger partial charge in [0.15, 0.2) is 0 Å². The monoisotopic (exact) mass is 386 g/mol. The summed E-state index contributed by atoms with van der Waals surface area (Å²) >= 11 is 6.09. The summed E-state index contributed by atoms with van der Waals surface area (Å²) in [7, 11) is -2.73. The molecule has 0 aromatic heterocycles. The predicted molar refractivity (Wildman–Crippen MR) is 116 cm³/mol. The van der Waals surface area contributed by atoms with Gasteiger partial charge in [0.05, 0.1) is 0 Å². The minimum Gasteiger partial charge on any atom is -0.530 e. The quantitative estimate of drug-likeness (QED) is 0.365. The van der Waals surface area contributed by atoms with Crippen LogP contribution in [0.3, 0.4) is 0 Å². The second-order valence-electron chi connectivity index (χ2n) is 6.34. The third-order valence-corrected chi connectivity index (χ3v) is 8.86. The van der Waals surface area contributed by atoms with E-state index in [4.69, 9.17) is 16.0 Å². The Morgan fingerprint density at radius 3 is 1.22 bits per heavy atom. The first-order valence-electron chi connectivity index (χ1n) is 8.90. The van der Waals surface area contributed by atoms with E-state index in [1.165, 1.54) is 15.6 Å². The Balaban J connectivity index is 1.98. The Kier molecular flexibility index (Phi) is 5.10. The van der Waals surface area contributed by atoms with Gasteiger partial charge in [0, 0.05) is 5.02 Å². The Morgan fingerprint density at radius 2 is 0.852 bits per heavy atom. The van der Waals surface area contributed by atoms with Crippen LogP contribution < -0.4 is 20.0 Å². The molecule has 4 aromatic carbocycles. The lowest BCUT2D eigenvalue weighted by atomic mass is 10.3. The summed E-state index contributed by atoms with van der Waals surface area (Å²) in [5, 5.41) is 4.32. The predicted octanol–water partition coefficient (Wildman–Crippen LogP) is 4.39. The van der Waals surface area contributed by atoms with E-state index < -0.39 is 8.32 Å². The minimum atomic E-state index is -2.73. The molecule has 132 valence electrons. The van der Waals surface area contributed by atoms with Gasteiger partial charge >= 0.3 is 8.32 Å². The van der Waals surface area contributed by atoms with Crippen LogP contribution in [0, 0.1) is 0 Å². The second-order valence-corrected chi connectivity index (χ2v) is 10.1. The van der Waals surface area contributed by atoms with E-state index in [9.17, 15) is 0 Å². The van der Waals surface area contributed by atoms with Gasteiger partial charge < -0.3 is 4.43 Å². The molecule has 0 atom stereocenters. The van der Waals surface area contributed by atoms with Crippen LogP contribution in [0.25, 0.3) is 0 Å². The zero-order valence-corrected chi connectivity index (χ0v) is 16.5. The third-order valence-electron chi connectivity index (χ3n) is 4.63. The van der Waals surface area contributed by atoms with Gasteiger partial charge in [0.25, 0.3) is 0 Å². The Bertz CT molecular complexity index is 890. The fourth-order valence-corrected chi connectivity index (χ4v) is 7.33. The Morgan fingerprint density at radius 1 is 0.481 bits per heavy atom. The molecule has 0 spiro atoms. The highest BCUT2D eigenvalue weighted by Gasteiger charge is 2.43. The van der Waals surface area contributed by atoms with Crippen molar-refractivity contribution in [3.8, 4) is 5.75 Å². The van der Waals surface area contributed by atoms with Crippen molar-refractivity contribution in [2.24, 2.45) is 0 Å². The summed E-state index contributed by atoms with van der Waals surface area (Å²) < 4.78 is 6.90. The summed E-state index contributed by atoms with van der Waals surface area (Å²) in [6, 6.07) is 39.2. The summed E-state index contributed by atoms with van der Waals surface area (Å²) in [6.45, 7) is 0. The summed E-state index contributed by atoms with van der Waals surface area (Å²) in [6.07, 6.45) is 0. The molecule has 0 amide bonds. The van der Waals surface area contributed by atoms with Gasteiger partial charge in [-0.05, 0) is 39.8 Å². The molecule has 0 aliphatic heterocycles. The Labute approximate surface area is 166 Å². The molecule has 0 bridgehead atoms. The molecule has 4 rings (SSSR count). The van der Waals surface area contributed by atoms with Gasteiger partial charge in [-0.2, -0.15) is 0 Å². The summed E-state index contributed by atoms with van der Waals surface area (Å²) in [5.41, 5.74) is 0. The van der Waals surface area contributed by atoms with Gasteiger partial charge in [-0.1, -0.05) is 103 Å². The van der Waals surface area contributed by atoms with E-state index >= 15 is 0 Å². The topological polar surface area (TPSA) is 9.23 Å². The smallest absolute Gasteiger partial charge is 0.346 e. The molecule has 0 aliphatic rings. The van der Waals surface area contributed by atoms with Crippen LogP contribution in [-0.4, -0.2) is 8.32 Å². The summed E-state index contributed by atoms with van der Waals surface area (Å²) in [5.74, 6) is 0.822. The maximum absolute atomic E-state index is 6.90. The minimum absolute atomic E-state index is 0.703. The normalized spacial score (nSPS) is 11.1. The number of rotatable bonds is 5. The average Bonchev–Trinajstić information content (AvgIpc) is 2.75. The zero-order valence-electron chi connectivity index (χ0n) is 14.8. The first kappa shape index (κ1) is 17.6. The van der Waals surface area contributed by atoms with Crippen molar-refractivity contribution in [1.29, 1.82) is 0 Å². The van der Waals surface area contributed by atoms with Crippen LogP contribution in [0.5, 0.6) is 5.75 Å². The van der Waals surface area contributed by atoms with Crippen LogP contribution >= 0.6 is 11.6 Å². The van der Waals surface area contributed by atoms with Crippen molar-refractivity contribution in [3.63, 3.8) is 0 Å². The number of hydrogen-bond acceptors (Lipinski definition) is 1. The van der Waals surface area contributed by atoms with Crippen molar-refractivity contribution in [3.05, 3.63) is 120 Å². The van der Waals surface area contributed by atoms with Crippen LogP contribution in [0.4, 0.5) is 0 Å². The fourth-order valence-electron chi connectivity index (χ4n) is 3.37. The molecular formula is C24H19ClOSi. The summed E-state index contributed by atoms with van der Waals surface area (Å²) in [4.78, 5) is 0. The molecule has 0 saturated heterocycles. The van der Waals surface area contributed by atoms with Crippen molar-refractivity contribution in [1.82, 2.24) is 0 Å². The van der Waals surface area contributed by atoms with Crippen LogP contribution in [-0.2, 0) is 0 Å². The molecule has 0 N–H and O–H groups in total. The first-order valence-corrected chi connectivity index (χ1v) is 11.2. The largest absolute Gasteiger partial charge is 0.530 e. The maximum atomic E-state index is 6.90. The molecule has 0 saturated carbocycles. The first-order chi connectivity index (χ1) is 13.3. The SMILES string of the molecule is Clc1ccc(O[Si](c2ccccc2)(c2ccccc2)c2ccccc2)cc1. The van der Waals surface area contributed by atoms with Gasteiger partial charge in [-0.15, -0.1) is 0 Å². The Hall–Kier alpha value is -2.81. The van der Waals surface area contributed by atoms with Crippen molar-refractivity contribution in [2.45, 2.75) is 0 Å². The third kappa shape index (κ3) is 3.54. The lowest BCUT2D eigenvalue weighted by Crippen LogP contribution is -2.71. The van der Waals surface area contributed by atoms with E-state index in [1.54, 1.807) is 0 Å². The lowest BCUT2D eigenvalue weighted by molar-refractivity contribution is 0.577. The van der Waals surface area contributed by atoms with Crippen LogP contribution in [0.2, 0.25) is 5.02 Å². The van der Waals surface area contributed by atoms with Gasteiger partial charge in [-0.25, -0.2) is 0 Å². The molecule has 3 heteroatoms. The maximum Gasteiger partial charge on any atom is 0.346 e. The molecule has 0 unspecified atom stereocenters. The van der Waals surface area contributed by atoms with Crippen molar-refractivity contribution < 1.29 is 4.43 Å². The van der Waals surface area contributed by atoms with Gasteiger partial charge in [0.1, 0.15) is 5.75 Å². The van der Waals surface area contributed by atoms with E-state index in [1.807, 2.05) is 42.5 Å². The standard InChI is InChI=1S/C24H19ClOSi/c25-20-16-18-21(19-17-20)26-27(22-10-4-1-5-11-22,23-12-6-2-7-13-23)24-14-8-3-9-15-24/h1-19H. The molecule has 1 nitrogen and oxygen atoms in total. The number of benzene rings is 4. The molecule has 0 radical (unpaired) electrons. The van der Waals surface area contributed by atoms with Crippen LogP contribution in [0.15, 0.2) is 115 Å². The van der Waals surface area contributed by atoms with E-state index in [0.717, 1.165) is 5.75 Å². The molecule has 0 aliphatic carbocycles. The van der Waals surface area contributed by atoms with Gasteiger partial charge in [0.2, 0.25) is 0 Å². The number of halogens is 1. The number of hydrogen-bond donors (Lipinski definition) is 0. The van der Waals surface area contributed by atoms with Crippen molar-refractivity contribution >= 4 is 35.5 Å². The molecular weight excluding hydrogens is 368 g/mol. The highest BCUT2D eigenvalue weighted by atomic mass is 35.5. The molecule has 0 heterocycles.